The second-order valence-electron chi connectivity index (χ2n) is 5.96. The predicted octanol–water partition coefficient (Wildman–Crippen LogP) is 4.89. The second kappa shape index (κ2) is 8.39. The Morgan fingerprint density at radius 1 is 1.25 bits per heavy atom. The van der Waals surface area contributed by atoms with E-state index < -0.39 is 11.7 Å². The van der Waals surface area contributed by atoms with Gasteiger partial charge in [0.1, 0.15) is 17.5 Å². The molecule has 0 unspecified atom stereocenters. The van der Waals surface area contributed by atoms with Crippen molar-refractivity contribution in [2.75, 3.05) is 5.32 Å². The van der Waals surface area contributed by atoms with Crippen molar-refractivity contribution >= 4 is 40.2 Å². The number of aromatic nitrogens is 1. The van der Waals surface area contributed by atoms with Gasteiger partial charge < -0.3 is 9.88 Å². The van der Waals surface area contributed by atoms with E-state index >= 15 is 0 Å². The van der Waals surface area contributed by atoms with Gasteiger partial charge in [0.25, 0.3) is 5.91 Å². The molecule has 0 radical (unpaired) electrons. The Morgan fingerprint density at radius 3 is 2.75 bits per heavy atom. The lowest BCUT2D eigenvalue weighted by molar-refractivity contribution is -0.112. The number of para-hydroxylation sites is 1. The number of halogens is 2. The van der Waals surface area contributed by atoms with Crippen molar-refractivity contribution in [2.45, 2.75) is 13.0 Å². The summed E-state index contributed by atoms with van der Waals surface area (Å²) in [6.45, 7) is 0.507. The number of carbonyl (C=O) groups excluding carboxylic acids is 1. The van der Waals surface area contributed by atoms with Crippen LogP contribution < -0.4 is 5.32 Å². The van der Waals surface area contributed by atoms with Gasteiger partial charge in [-0.1, -0.05) is 29.8 Å². The van der Waals surface area contributed by atoms with E-state index in [4.69, 9.17) is 16.9 Å². The zero-order valence-corrected chi connectivity index (χ0v) is 15.4. The smallest absolute Gasteiger partial charge is 0.266 e. The molecule has 0 atom stereocenters. The zero-order valence-electron chi connectivity index (χ0n) is 14.6. The third-order valence-electron chi connectivity index (χ3n) is 4.13. The number of benzene rings is 2. The number of aryl methyl sites for hydroxylation is 1. The van der Waals surface area contributed by atoms with Crippen molar-refractivity contribution in [3.05, 3.63) is 70.6 Å². The highest BCUT2D eigenvalue weighted by molar-refractivity contribution is 6.31. The minimum atomic E-state index is -0.626. The highest BCUT2D eigenvalue weighted by Crippen LogP contribution is 2.25. The monoisotopic (exact) mass is 392 g/mol. The first-order valence-electron chi connectivity index (χ1n) is 8.36. The molecule has 0 spiro atoms. The first kappa shape index (κ1) is 19.2. The largest absolute Gasteiger partial charge is 0.346 e. The molecule has 28 heavy (non-hydrogen) atoms. The molecule has 0 saturated heterocycles. The number of anilines is 1. The van der Waals surface area contributed by atoms with Gasteiger partial charge in [0, 0.05) is 34.9 Å². The summed E-state index contributed by atoms with van der Waals surface area (Å²) in [4.78, 5) is 12.5. The number of carbonyl (C=O) groups is 1. The number of rotatable bonds is 5. The molecule has 1 amide bonds. The van der Waals surface area contributed by atoms with Crippen molar-refractivity contribution in [1.29, 1.82) is 10.5 Å². The van der Waals surface area contributed by atoms with E-state index in [2.05, 4.69) is 11.4 Å². The van der Waals surface area contributed by atoms with Crippen LogP contribution in [0.3, 0.4) is 0 Å². The van der Waals surface area contributed by atoms with Gasteiger partial charge in [0.15, 0.2) is 0 Å². The Hall–Kier alpha value is -3.61. The van der Waals surface area contributed by atoms with E-state index in [0.29, 0.717) is 18.5 Å². The molecule has 0 bridgehead atoms. The van der Waals surface area contributed by atoms with Crippen LogP contribution in [0, 0.1) is 28.5 Å². The molecule has 138 valence electrons. The lowest BCUT2D eigenvalue weighted by Gasteiger charge is -2.05. The number of fused-ring (bicyclic) bond motifs is 1. The van der Waals surface area contributed by atoms with Crippen molar-refractivity contribution in [1.82, 2.24) is 4.57 Å². The van der Waals surface area contributed by atoms with Crippen molar-refractivity contribution in [3.8, 4) is 12.1 Å². The summed E-state index contributed by atoms with van der Waals surface area (Å²) in [5, 5.41) is 21.6. The fraction of sp³-hybridized carbons (Fsp3) is 0.0952. The van der Waals surface area contributed by atoms with E-state index in [-0.39, 0.29) is 16.3 Å². The molecule has 1 N–H and O–H groups in total. The average Bonchev–Trinajstić information content (AvgIpc) is 3.05. The predicted molar refractivity (Wildman–Crippen MR) is 106 cm³/mol. The number of nitrogens with zero attached hydrogens (tertiary/aromatic N) is 3. The van der Waals surface area contributed by atoms with Gasteiger partial charge in [0.2, 0.25) is 0 Å². The number of hydrogen-bond acceptors (Lipinski definition) is 3. The summed E-state index contributed by atoms with van der Waals surface area (Å²) in [6, 6.07) is 15.3. The van der Waals surface area contributed by atoms with Crippen LogP contribution in [0.15, 0.2) is 54.2 Å². The Morgan fingerprint density at radius 2 is 2.04 bits per heavy atom. The number of hydrogen-bond donors (Lipinski definition) is 1. The molecule has 0 aliphatic carbocycles. The maximum Gasteiger partial charge on any atom is 0.266 e. The third-order valence-corrected chi connectivity index (χ3v) is 4.42. The van der Waals surface area contributed by atoms with E-state index in [9.17, 15) is 14.4 Å². The van der Waals surface area contributed by atoms with Crippen LogP contribution in [0.25, 0.3) is 17.0 Å². The van der Waals surface area contributed by atoms with Crippen molar-refractivity contribution in [2.24, 2.45) is 0 Å². The normalized spacial score (nSPS) is 11.1. The molecule has 1 aromatic heterocycles. The molecule has 0 aliphatic heterocycles. The second-order valence-corrected chi connectivity index (χ2v) is 6.36. The summed E-state index contributed by atoms with van der Waals surface area (Å²) in [6.07, 6.45) is 3.64. The average molecular weight is 393 g/mol. The standard InChI is InChI=1S/C21H14ClFN4O/c22-18-11-16(6-7-19(18)23)26-21(28)14(12-25)10-15-13-27(9-3-8-24)20-5-2-1-4-17(15)20/h1-2,4-7,10-11,13H,3,9H2,(H,26,28)/b14-10+. The van der Waals surface area contributed by atoms with E-state index in [1.165, 1.54) is 18.2 Å². The zero-order chi connectivity index (χ0) is 20.1. The van der Waals surface area contributed by atoms with E-state index in [1.54, 1.807) is 6.20 Å². The molecule has 0 saturated carbocycles. The van der Waals surface area contributed by atoms with Gasteiger partial charge in [-0.25, -0.2) is 4.39 Å². The van der Waals surface area contributed by atoms with Gasteiger partial charge in [-0.3, -0.25) is 4.79 Å². The van der Waals surface area contributed by atoms with Gasteiger partial charge in [-0.2, -0.15) is 10.5 Å². The number of nitrogens with one attached hydrogen (secondary N) is 1. The highest BCUT2D eigenvalue weighted by Gasteiger charge is 2.13. The van der Waals surface area contributed by atoms with E-state index in [1.807, 2.05) is 34.9 Å². The summed E-state index contributed by atoms with van der Waals surface area (Å²) in [7, 11) is 0. The fourth-order valence-corrected chi connectivity index (χ4v) is 3.00. The Kier molecular flexibility index (Phi) is 5.74. The quantitative estimate of drug-likeness (QED) is 0.495. The SMILES string of the molecule is N#CCCn1cc(/C=C(\C#N)C(=O)Nc2ccc(F)c(Cl)c2)c2ccccc21. The van der Waals surface area contributed by atoms with Crippen LogP contribution >= 0.6 is 11.6 Å². The third kappa shape index (κ3) is 4.03. The molecular weight excluding hydrogens is 379 g/mol. The fourth-order valence-electron chi connectivity index (χ4n) is 2.82. The minimum absolute atomic E-state index is 0.108. The lowest BCUT2D eigenvalue weighted by Crippen LogP contribution is -2.13. The van der Waals surface area contributed by atoms with Crippen LogP contribution in [0.2, 0.25) is 5.02 Å². The molecule has 2 aromatic carbocycles. The summed E-state index contributed by atoms with van der Waals surface area (Å²) < 4.78 is 15.2. The van der Waals surface area contributed by atoms with Gasteiger partial charge in [0.05, 0.1) is 17.5 Å². The first-order chi connectivity index (χ1) is 13.5. The van der Waals surface area contributed by atoms with Crippen LogP contribution in [-0.2, 0) is 11.3 Å². The van der Waals surface area contributed by atoms with Gasteiger partial charge in [-0.05, 0) is 30.3 Å². The van der Waals surface area contributed by atoms with Gasteiger partial charge >= 0.3 is 0 Å². The molecule has 5 nitrogen and oxygen atoms in total. The van der Waals surface area contributed by atoms with Crippen LogP contribution in [0.1, 0.15) is 12.0 Å². The molecule has 3 aromatic rings. The Labute approximate surface area is 165 Å². The van der Waals surface area contributed by atoms with E-state index in [0.717, 1.165) is 17.0 Å². The maximum absolute atomic E-state index is 13.3. The van der Waals surface area contributed by atoms with Crippen molar-refractivity contribution < 1.29 is 9.18 Å². The topological polar surface area (TPSA) is 81.6 Å². The molecular formula is C21H14ClFN4O. The maximum atomic E-state index is 13.3. The molecule has 1 heterocycles. The number of amides is 1. The minimum Gasteiger partial charge on any atom is -0.346 e. The van der Waals surface area contributed by atoms with Crippen LogP contribution in [-0.4, -0.2) is 10.5 Å². The highest BCUT2D eigenvalue weighted by atomic mass is 35.5. The first-order valence-corrected chi connectivity index (χ1v) is 8.74. The van der Waals surface area contributed by atoms with Gasteiger partial charge in [-0.15, -0.1) is 0 Å². The van der Waals surface area contributed by atoms with Crippen LogP contribution in [0.5, 0.6) is 0 Å². The Bertz CT molecular complexity index is 1170. The Balaban J connectivity index is 1.94. The molecule has 0 aliphatic rings. The molecule has 3 rings (SSSR count). The summed E-state index contributed by atoms with van der Waals surface area (Å²) in [5.74, 6) is -1.22. The number of nitriles is 2. The van der Waals surface area contributed by atoms with Crippen LogP contribution in [0.4, 0.5) is 10.1 Å². The van der Waals surface area contributed by atoms with Crippen molar-refractivity contribution in [3.63, 3.8) is 0 Å². The lowest BCUT2D eigenvalue weighted by atomic mass is 10.1. The molecule has 0 fully saturated rings. The summed E-state index contributed by atoms with van der Waals surface area (Å²) >= 11 is 5.72. The molecule has 7 heteroatoms. The summed E-state index contributed by atoms with van der Waals surface area (Å²) in [5.41, 5.74) is 1.78.